The molecule has 3 aromatic rings. The molecule has 0 saturated heterocycles. The number of aromatic nitrogens is 1. The van der Waals surface area contributed by atoms with E-state index in [1.807, 2.05) is 34.5 Å². The highest BCUT2D eigenvalue weighted by atomic mass is 32.1. The van der Waals surface area contributed by atoms with Gasteiger partial charge in [0.05, 0.1) is 24.2 Å². The van der Waals surface area contributed by atoms with Crippen LogP contribution in [0.2, 0.25) is 0 Å². The van der Waals surface area contributed by atoms with Gasteiger partial charge in [-0.25, -0.2) is 4.98 Å². The van der Waals surface area contributed by atoms with E-state index in [4.69, 9.17) is 4.98 Å². The number of nitrogens with one attached hydrogen (secondary N) is 1. The Bertz CT molecular complexity index is 1130. The highest BCUT2D eigenvalue weighted by molar-refractivity contribution is 7.10. The molecule has 0 fully saturated rings. The molecule has 3 heterocycles. The third-order valence-electron chi connectivity index (χ3n) is 5.81. The van der Waals surface area contributed by atoms with E-state index in [1.54, 1.807) is 0 Å². The van der Waals surface area contributed by atoms with Crippen LogP contribution in [0.15, 0.2) is 41.8 Å². The zero-order valence-electron chi connectivity index (χ0n) is 16.9. The summed E-state index contributed by atoms with van der Waals surface area (Å²) >= 11 is 1.50. The molecule has 0 unspecified atom stereocenters. The molecule has 152 valence electrons. The zero-order valence-corrected chi connectivity index (χ0v) is 17.7. The number of amides is 2. The van der Waals surface area contributed by atoms with Gasteiger partial charge in [-0.1, -0.05) is 19.1 Å². The lowest BCUT2D eigenvalue weighted by Gasteiger charge is -2.25. The molecular formula is C24H23N3O2S. The minimum Gasteiger partial charge on any atom is -0.326 e. The van der Waals surface area contributed by atoms with Gasteiger partial charge in [0.25, 0.3) is 0 Å². The summed E-state index contributed by atoms with van der Waals surface area (Å²) in [6.45, 7) is 2.94. The summed E-state index contributed by atoms with van der Waals surface area (Å²) in [5.41, 5.74) is 7.44. The van der Waals surface area contributed by atoms with Crippen LogP contribution in [0.5, 0.6) is 0 Å². The van der Waals surface area contributed by atoms with Gasteiger partial charge in [0.2, 0.25) is 11.8 Å². The molecule has 30 heavy (non-hydrogen) atoms. The van der Waals surface area contributed by atoms with Crippen LogP contribution in [-0.4, -0.2) is 23.3 Å². The van der Waals surface area contributed by atoms with Gasteiger partial charge in [-0.15, -0.1) is 11.3 Å². The standard InChI is InChI=1S/C24H23N3O2S/c1-2-15-5-7-19(8-6-15)25-21(28)13-22-26-20(14-30-22)17-10-16-4-3-9-27-23(29)12-18(11-17)24(16)27/h5-8,10-11,14H,2-4,9,12-13H2,1H3,(H,25,28). The fraction of sp³-hybridized carbons (Fsp3) is 0.292. The van der Waals surface area contributed by atoms with Crippen molar-refractivity contribution in [3.63, 3.8) is 0 Å². The van der Waals surface area contributed by atoms with Crippen molar-refractivity contribution < 1.29 is 9.59 Å². The van der Waals surface area contributed by atoms with E-state index >= 15 is 0 Å². The first-order valence-electron chi connectivity index (χ1n) is 10.4. The summed E-state index contributed by atoms with van der Waals surface area (Å²) in [5.74, 6) is 0.135. The van der Waals surface area contributed by atoms with Crippen molar-refractivity contribution in [1.82, 2.24) is 4.98 Å². The van der Waals surface area contributed by atoms with Crippen LogP contribution in [0.4, 0.5) is 11.4 Å². The predicted molar refractivity (Wildman–Crippen MR) is 120 cm³/mol. The maximum Gasteiger partial charge on any atom is 0.231 e. The molecule has 1 N–H and O–H groups in total. The largest absolute Gasteiger partial charge is 0.326 e. The molecule has 2 aliphatic heterocycles. The maximum atomic E-state index is 12.4. The summed E-state index contributed by atoms with van der Waals surface area (Å²) < 4.78 is 0. The molecule has 1 aromatic heterocycles. The molecule has 0 bridgehead atoms. The summed E-state index contributed by atoms with van der Waals surface area (Å²) in [6.07, 6.45) is 3.71. The Kier molecular flexibility index (Phi) is 4.87. The predicted octanol–water partition coefficient (Wildman–Crippen LogP) is 4.39. The Labute approximate surface area is 179 Å². The average Bonchev–Trinajstić information content (AvgIpc) is 3.34. The minimum atomic E-state index is -0.0644. The summed E-state index contributed by atoms with van der Waals surface area (Å²) in [7, 11) is 0. The van der Waals surface area contributed by atoms with Gasteiger partial charge >= 0.3 is 0 Å². The number of thiazole rings is 1. The molecule has 0 radical (unpaired) electrons. The van der Waals surface area contributed by atoms with Crippen LogP contribution in [0.3, 0.4) is 0 Å². The second-order valence-electron chi connectivity index (χ2n) is 7.87. The van der Waals surface area contributed by atoms with E-state index in [9.17, 15) is 9.59 Å². The normalized spacial score (nSPS) is 14.7. The first kappa shape index (κ1) is 19.0. The van der Waals surface area contributed by atoms with E-state index < -0.39 is 0 Å². The number of anilines is 2. The molecule has 0 aliphatic carbocycles. The lowest BCUT2D eigenvalue weighted by molar-refractivity contribution is -0.117. The molecule has 6 heteroatoms. The van der Waals surface area contributed by atoms with Crippen LogP contribution >= 0.6 is 11.3 Å². The van der Waals surface area contributed by atoms with Crippen molar-refractivity contribution in [2.75, 3.05) is 16.8 Å². The fourth-order valence-electron chi connectivity index (χ4n) is 4.32. The van der Waals surface area contributed by atoms with Gasteiger partial charge < -0.3 is 10.2 Å². The Morgan fingerprint density at radius 2 is 2.00 bits per heavy atom. The maximum absolute atomic E-state index is 12.4. The van der Waals surface area contributed by atoms with Gasteiger partial charge in [0.1, 0.15) is 5.01 Å². The smallest absolute Gasteiger partial charge is 0.231 e. The lowest BCUT2D eigenvalue weighted by atomic mass is 9.96. The summed E-state index contributed by atoms with van der Waals surface area (Å²) in [6, 6.07) is 12.2. The SMILES string of the molecule is CCc1ccc(NC(=O)Cc2nc(-c3cc4c5c(c3)CC(=O)N5CCC4)cs2)cc1. The van der Waals surface area contributed by atoms with Crippen molar-refractivity contribution >= 4 is 34.5 Å². The lowest BCUT2D eigenvalue weighted by Crippen LogP contribution is -2.31. The third kappa shape index (κ3) is 3.52. The number of aryl methyl sites for hydroxylation is 2. The van der Waals surface area contributed by atoms with Crippen LogP contribution in [0, 0.1) is 0 Å². The molecule has 2 aromatic carbocycles. The molecule has 0 spiro atoms. The highest BCUT2D eigenvalue weighted by Gasteiger charge is 2.32. The highest BCUT2D eigenvalue weighted by Crippen LogP contribution is 2.40. The monoisotopic (exact) mass is 417 g/mol. The Hall–Kier alpha value is -2.99. The molecule has 0 atom stereocenters. The number of benzene rings is 2. The Morgan fingerprint density at radius 3 is 2.80 bits per heavy atom. The van der Waals surface area contributed by atoms with E-state index in [1.165, 1.54) is 22.5 Å². The van der Waals surface area contributed by atoms with Crippen LogP contribution in [0.1, 0.15) is 35.0 Å². The summed E-state index contributed by atoms with van der Waals surface area (Å²) in [5, 5.41) is 5.74. The van der Waals surface area contributed by atoms with Crippen LogP contribution < -0.4 is 10.2 Å². The van der Waals surface area contributed by atoms with Crippen LogP contribution in [0.25, 0.3) is 11.3 Å². The van der Waals surface area contributed by atoms with Crippen molar-refractivity contribution in [3.05, 3.63) is 63.5 Å². The number of hydrogen-bond donors (Lipinski definition) is 1. The van der Waals surface area contributed by atoms with E-state index in [2.05, 4.69) is 24.4 Å². The van der Waals surface area contributed by atoms with Crippen LogP contribution in [-0.2, 0) is 35.3 Å². The van der Waals surface area contributed by atoms with E-state index in [0.717, 1.165) is 59.0 Å². The number of rotatable bonds is 5. The molecule has 5 rings (SSSR count). The minimum absolute atomic E-state index is 0.0644. The first-order chi connectivity index (χ1) is 14.6. The number of carbonyl (C=O) groups is 2. The van der Waals surface area contributed by atoms with E-state index in [-0.39, 0.29) is 18.2 Å². The molecule has 5 nitrogen and oxygen atoms in total. The molecule has 2 amide bonds. The quantitative estimate of drug-likeness (QED) is 0.670. The summed E-state index contributed by atoms with van der Waals surface area (Å²) in [4.78, 5) is 31.3. The van der Waals surface area contributed by atoms with Gasteiger partial charge in [-0.3, -0.25) is 9.59 Å². The molecule has 0 saturated carbocycles. The topological polar surface area (TPSA) is 62.3 Å². The van der Waals surface area contributed by atoms with Gasteiger partial charge in [0.15, 0.2) is 0 Å². The van der Waals surface area contributed by atoms with Gasteiger partial charge in [-0.2, -0.15) is 0 Å². The molecular weight excluding hydrogens is 394 g/mol. The Morgan fingerprint density at radius 1 is 1.20 bits per heavy atom. The second-order valence-corrected chi connectivity index (χ2v) is 8.81. The number of nitrogens with zero attached hydrogens (tertiary/aromatic N) is 2. The van der Waals surface area contributed by atoms with E-state index in [0.29, 0.717) is 6.42 Å². The Balaban J connectivity index is 1.32. The van der Waals surface area contributed by atoms with Crippen molar-refractivity contribution in [2.45, 2.75) is 39.0 Å². The van der Waals surface area contributed by atoms with Gasteiger partial charge in [-0.05, 0) is 60.2 Å². The number of carbonyl (C=O) groups excluding carboxylic acids is 2. The fourth-order valence-corrected chi connectivity index (χ4v) is 5.12. The van der Waals surface area contributed by atoms with Crippen molar-refractivity contribution in [3.8, 4) is 11.3 Å². The van der Waals surface area contributed by atoms with Crippen molar-refractivity contribution in [1.29, 1.82) is 0 Å². The van der Waals surface area contributed by atoms with Gasteiger partial charge in [0, 0.05) is 23.2 Å². The zero-order chi connectivity index (χ0) is 20.7. The third-order valence-corrected chi connectivity index (χ3v) is 6.66. The number of hydrogen-bond acceptors (Lipinski definition) is 4. The van der Waals surface area contributed by atoms with Crippen molar-refractivity contribution in [2.24, 2.45) is 0 Å². The second kappa shape index (κ2) is 7.69. The molecule has 2 aliphatic rings. The average molecular weight is 418 g/mol. The first-order valence-corrected chi connectivity index (χ1v) is 11.3.